The first kappa shape index (κ1) is 13.1. The summed E-state index contributed by atoms with van der Waals surface area (Å²) in [4.78, 5) is 16.8. The van der Waals surface area contributed by atoms with Crippen LogP contribution in [0.5, 0.6) is 0 Å². The number of carbonyl (C=O) groups excluding carboxylic acids is 1. The van der Waals surface area contributed by atoms with Crippen LogP contribution in [0.2, 0.25) is 0 Å². The number of thiophene rings is 1. The Labute approximate surface area is 118 Å². The minimum atomic E-state index is 0.192. The monoisotopic (exact) mass is 279 g/mol. The molecule has 1 atom stereocenters. The molecule has 2 aliphatic heterocycles. The van der Waals surface area contributed by atoms with Gasteiger partial charge in [-0.25, -0.2) is 0 Å². The summed E-state index contributed by atoms with van der Waals surface area (Å²) in [5, 5.41) is 3.91. The highest BCUT2D eigenvalue weighted by Gasteiger charge is 2.32. The molecular weight excluding hydrogens is 258 g/mol. The smallest absolute Gasteiger partial charge is 0.254 e. The van der Waals surface area contributed by atoms with E-state index in [2.05, 4.69) is 4.90 Å². The predicted molar refractivity (Wildman–Crippen MR) is 77.4 cm³/mol. The number of hydrogen-bond acceptors (Lipinski definition) is 4. The van der Waals surface area contributed by atoms with E-state index in [-0.39, 0.29) is 5.91 Å². The Balaban J connectivity index is 1.57. The van der Waals surface area contributed by atoms with Crippen LogP contribution in [0.3, 0.4) is 0 Å². The van der Waals surface area contributed by atoms with Gasteiger partial charge in [-0.05, 0) is 43.8 Å². The van der Waals surface area contributed by atoms with Gasteiger partial charge in [-0.2, -0.15) is 11.3 Å². The van der Waals surface area contributed by atoms with Gasteiger partial charge in [0.05, 0.1) is 5.56 Å². The summed E-state index contributed by atoms with van der Waals surface area (Å²) in [5.41, 5.74) is 6.78. The van der Waals surface area contributed by atoms with Crippen molar-refractivity contribution < 1.29 is 4.79 Å². The summed E-state index contributed by atoms with van der Waals surface area (Å²) in [5.74, 6) is 0.192. The molecule has 0 aliphatic carbocycles. The van der Waals surface area contributed by atoms with Crippen LogP contribution in [0.1, 0.15) is 29.6 Å². The van der Waals surface area contributed by atoms with E-state index in [1.165, 1.54) is 0 Å². The largest absolute Gasteiger partial charge is 0.337 e. The van der Waals surface area contributed by atoms with Crippen molar-refractivity contribution in [2.75, 3.05) is 26.2 Å². The van der Waals surface area contributed by atoms with E-state index in [9.17, 15) is 4.79 Å². The van der Waals surface area contributed by atoms with Crippen LogP contribution in [0, 0.1) is 0 Å². The summed E-state index contributed by atoms with van der Waals surface area (Å²) < 4.78 is 0. The third kappa shape index (κ3) is 2.83. The summed E-state index contributed by atoms with van der Waals surface area (Å²) in [6.07, 6.45) is 3.29. The van der Waals surface area contributed by atoms with Crippen LogP contribution in [-0.4, -0.2) is 54.0 Å². The van der Waals surface area contributed by atoms with Gasteiger partial charge in [0.2, 0.25) is 0 Å². The first-order chi connectivity index (χ1) is 9.24. The quantitative estimate of drug-likeness (QED) is 0.890. The van der Waals surface area contributed by atoms with Crippen LogP contribution in [0.25, 0.3) is 0 Å². The molecule has 1 aromatic heterocycles. The summed E-state index contributed by atoms with van der Waals surface area (Å²) in [6.45, 7) is 3.95. The standard InChI is InChI=1S/C14H21N3OS/c15-12-1-5-16(6-2-12)13-3-7-17(9-13)14(18)11-4-8-19-10-11/h4,8,10,12-13H,1-3,5-7,9,15H2. The Hall–Kier alpha value is -0.910. The van der Waals surface area contributed by atoms with Crippen molar-refractivity contribution in [1.82, 2.24) is 9.80 Å². The van der Waals surface area contributed by atoms with Gasteiger partial charge >= 0.3 is 0 Å². The number of rotatable bonds is 2. The normalized spacial score (nSPS) is 25.9. The molecule has 2 aliphatic rings. The molecule has 0 radical (unpaired) electrons. The van der Waals surface area contributed by atoms with Gasteiger partial charge in [-0.1, -0.05) is 0 Å². The van der Waals surface area contributed by atoms with Crippen molar-refractivity contribution in [3.8, 4) is 0 Å². The number of likely N-dealkylation sites (tertiary alicyclic amines) is 2. The lowest BCUT2D eigenvalue weighted by Crippen LogP contribution is -2.46. The Morgan fingerprint density at radius 1 is 1.26 bits per heavy atom. The second kappa shape index (κ2) is 5.61. The van der Waals surface area contributed by atoms with Crippen LogP contribution in [0.15, 0.2) is 16.8 Å². The Kier molecular flexibility index (Phi) is 3.86. The maximum atomic E-state index is 12.3. The molecule has 2 fully saturated rings. The maximum absolute atomic E-state index is 12.3. The van der Waals surface area contributed by atoms with E-state index in [0.717, 1.165) is 51.0 Å². The second-order valence-electron chi connectivity index (χ2n) is 5.58. The fourth-order valence-electron chi connectivity index (χ4n) is 3.08. The molecule has 2 saturated heterocycles. The Morgan fingerprint density at radius 3 is 2.74 bits per heavy atom. The fourth-order valence-corrected chi connectivity index (χ4v) is 3.71. The molecule has 5 heteroatoms. The number of nitrogens with two attached hydrogens (primary N) is 1. The average Bonchev–Trinajstić information content (AvgIpc) is 3.10. The highest BCUT2D eigenvalue weighted by Crippen LogP contribution is 2.22. The molecule has 0 saturated carbocycles. The number of carbonyl (C=O) groups is 1. The molecular formula is C14H21N3OS. The van der Waals surface area contributed by atoms with Gasteiger partial charge in [0.15, 0.2) is 0 Å². The molecule has 0 aromatic carbocycles. The third-order valence-electron chi connectivity index (χ3n) is 4.31. The number of amides is 1. The second-order valence-corrected chi connectivity index (χ2v) is 6.36. The lowest BCUT2D eigenvalue weighted by molar-refractivity contribution is 0.0770. The maximum Gasteiger partial charge on any atom is 0.254 e. The zero-order valence-corrected chi connectivity index (χ0v) is 11.9. The van der Waals surface area contributed by atoms with E-state index < -0.39 is 0 Å². The van der Waals surface area contributed by atoms with Crippen LogP contribution >= 0.6 is 11.3 Å². The summed E-state index contributed by atoms with van der Waals surface area (Å²) in [7, 11) is 0. The van der Waals surface area contributed by atoms with Gasteiger partial charge in [-0.3, -0.25) is 9.69 Å². The zero-order chi connectivity index (χ0) is 13.2. The SMILES string of the molecule is NC1CCN(C2CCN(C(=O)c3ccsc3)C2)CC1. The predicted octanol–water partition coefficient (Wildman–Crippen LogP) is 1.39. The van der Waals surface area contributed by atoms with E-state index in [1.807, 2.05) is 21.7 Å². The molecule has 1 amide bonds. The van der Waals surface area contributed by atoms with Crippen molar-refractivity contribution in [3.63, 3.8) is 0 Å². The van der Waals surface area contributed by atoms with Gasteiger partial charge in [-0.15, -0.1) is 0 Å². The van der Waals surface area contributed by atoms with Gasteiger partial charge in [0.25, 0.3) is 5.91 Å². The van der Waals surface area contributed by atoms with Gasteiger partial charge in [0.1, 0.15) is 0 Å². The van der Waals surface area contributed by atoms with Crippen molar-refractivity contribution in [2.24, 2.45) is 5.73 Å². The molecule has 0 bridgehead atoms. The molecule has 3 heterocycles. The van der Waals surface area contributed by atoms with E-state index in [4.69, 9.17) is 5.73 Å². The summed E-state index contributed by atoms with van der Waals surface area (Å²) >= 11 is 1.58. The van der Waals surface area contributed by atoms with Gasteiger partial charge < -0.3 is 10.6 Å². The Bertz CT molecular complexity index is 426. The van der Waals surface area contributed by atoms with Gasteiger partial charge in [0, 0.05) is 30.6 Å². The first-order valence-electron chi connectivity index (χ1n) is 7.05. The molecule has 1 unspecified atom stereocenters. The van der Waals surface area contributed by atoms with E-state index >= 15 is 0 Å². The first-order valence-corrected chi connectivity index (χ1v) is 7.99. The molecule has 4 nitrogen and oxygen atoms in total. The zero-order valence-electron chi connectivity index (χ0n) is 11.1. The minimum Gasteiger partial charge on any atom is -0.337 e. The van der Waals surface area contributed by atoms with Crippen molar-refractivity contribution >= 4 is 17.2 Å². The molecule has 0 spiro atoms. The fraction of sp³-hybridized carbons (Fsp3) is 0.643. The topological polar surface area (TPSA) is 49.6 Å². The molecule has 3 rings (SSSR count). The number of nitrogens with zero attached hydrogens (tertiary/aromatic N) is 2. The lowest BCUT2D eigenvalue weighted by Gasteiger charge is -2.34. The van der Waals surface area contributed by atoms with E-state index in [1.54, 1.807) is 11.3 Å². The number of piperidine rings is 1. The van der Waals surface area contributed by atoms with Crippen molar-refractivity contribution in [2.45, 2.75) is 31.3 Å². The van der Waals surface area contributed by atoms with Crippen molar-refractivity contribution in [3.05, 3.63) is 22.4 Å². The van der Waals surface area contributed by atoms with Crippen LogP contribution in [-0.2, 0) is 0 Å². The van der Waals surface area contributed by atoms with Crippen LogP contribution in [0.4, 0.5) is 0 Å². The molecule has 104 valence electrons. The van der Waals surface area contributed by atoms with Crippen molar-refractivity contribution in [1.29, 1.82) is 0 Å². The minimum absolute atomic E-state index is 0.192. The lowest BCUT2D eigenvalue weighted by atomic mass is 10.0. The third-order valence-corrected chi connectivity index (χ3v) is 4.99. The number of hydrogen-bond donors (Lipinski definition) is 1. The molecule has 2 N–H and O–H groups in total. The highest BCUT2D eigenvalue weighted by atomic mass is 32.1. The average molecular weight is 279 g/mol. The summed E-state index contributed by atoms with van der Waals surface area (Å²) in [6, 6.07) is 2.83. The molecule has 1 aromatic rings. The highest BCUT2D eigenvalue weighted by molar-refractivity contribution is 7.08. The van der Waals surface area contributed by atoms with Crippen LogP contribution < -0.4 is 5.73 Å². The molecule has 19 heavy (non-hydrogen) atoms. The Morgan fingerprint density at radius 2 is 2.05 bits per heavy atom. The van der Waals surface area contributed by atoms with E-state index in [0.29, 0.717) is 12.1 Å².